The standard InChI is InChI=1S/C23H29N5O6/c24-16(9-10-19(29)30)20-26-21(34-27-20)17(12-14-8-7-13-4-1-2-5-15(13)14)25-23(33)28-11-3-6-18(28)22(31)32/h1-2,4-5,14,16-18H,3,6-12,24H2,(H,25,33)(H,29,30)(H,31,32)/t14?,16-,17-,18+/m0/s1. The van der Waals surface area contributed by atoms with Gasteiger partial charge >= 0.3 is 18.0 Å². The van der Waals surface area contributed by atoms with Crippen LogP contribution in [0.15, 0.2) is 28.8 Å². The van der Waals surface area contributed by atoms with Gasteiger partial charge in [-0.3, -0.25) is 4.79 Å². The SMILES string of the molecule is N[C@@H](CCC(=O)O)c1noc([C@H](CC2CCc3ccccc32)NC(=O)N2CCC[C@@H]2C(=O)O)n1. The van der Waals surface area contributed by atoms with E-state index < -0.39 is 36.1 Å². The fraction of sp³-hybridized carbons (Fsp3) is 0.522. The van der Waals surface area contributed by atoms with Crippen LogP contribution in [0, 0.1) is 0 Å². The Balaban J connectivity index is 1.54. The Labute approximate surface area is 196 Å². The summed E-state index contributed by atoms with van der Waals surface area (Å²) in [5, 5.41) is 25.2. The number of carbonyl (C=O) groups is 3. The summed E-state index contributed by atoms with van der Waals surface area (Å²) in [4.78, 5) is 41.2. The summed E-state index contributed by atoms with van der Waals surface area (Å²) < 4.78 is 5.45. The van der Waals surface area contributed by atoms with E-state index in [1.807, 2.05) is 12.1 Å². The molecular weight excluding hydrogens is 442 g/mol. The topological polar surface area (TPSA) is 172 Å². The number of aromatic nitrogens is 2. The van der Waals surface area contributed by atoms with Gasteiger partial charge in [-0.2, -0.15) is 4.98 Å². The highest BCUT2D eigenvalue weighted by atomic mass is 16.5. The second-order valence-electron chi connectivity index (χ2n) is 8.89. The minimum Gasteiger partial charge on any atom is -0.481 e. The van der Waals surface area contributed by atoms with E-state index in [1.165, 1.54) is 16.0 Å². The molecule has 11 nitrogen and oxygen atoms in total. The minimum atomic E-state index is -1.03. The Morgan fingerprint density at radius 3 is 2.79 bits per heavy atom. The highest BCUT2D eigenvalue weighted by Crippen LogP contribution is 2.39. The zero-order valence-corrected chi connectivity index (χ0v) is 18.7. The predicted molar refractivity (Wildman–Crippen MR) is 119 cm³/mol. The van der Waals surface area contributed by atoms with Crippen molar-refractivity contribution in [3.8, 4) is 0 Å². The van der Waals surface area contributed by atoms with Gasteiger partial charge in [0.1, 0.15) is 12.1 Å². The highest BCUT2D eigenvalue weighted by molar-refractivity contribution is 5.83. The first kappa shape index (κ1) is 23.7. The molecule has 5 N–H and O–H groups in total. The van der Waals surface area contributed by atoms with Crippen LogP contribution in [0.5, 0.6) is 0 Å². The third kappa shape index (κ3) is 5.19. The zero-order chi connectivity index (χ0) is 24.2. The second kappa shape index (κ2) is 10.2. The van der Waals surface area contributed by atoms with Crippen LogP contribution in [0.2, 0.25) is 0 Å². The van der Waals surface area contributed by atoms with Crippen LogP contribution in [-0.2, 0) is 16.0 Å². The minimum absolute atomic E-state index is 0.129. The molecule has 2 amide bonds. The average molecular weight is 472 g/mol. The van der Waals surface area contributed by atoms with Gasteiger partial charge in [0, 0.05) is 13.0 Å². The number of nitrogens with one attached hydrogen (secondary N) is 1. The largest absolute Gasteiger partial charge is 0.481 e. The quantitative estimate of drug-likeness (QED) is 0.428. The van der Waals surface area contributed by atoms with Crippen LogP contribution < -0.4 is 11.1 Å². The number of urea groups is 1. The molecule has 4 rings (SSSR count). The van der Waals surface area contributed by atoms with Crippen molar-refractivity contribution in [1.82, 2.24) is 20.4 Å². The Bertz CT molecular complexity index is 1060. The lowest BCUT2D eigenvalue weighted by Gasteiger charge is -2.26. The van der Waals surface area contributed by atoms with E-state index in [9.17, 15) is 19.5 Å². The van der Waals surface area contributed by atoms with Crippen LogP contribution in [-0.4, -0.2) is 55.8 Å². The molecule has 1 aliphatic carbocycles. The molecule has 1 unspecified atom stereocenters. The number of nitrogens with zero attached hydrogens (tertiary/aromatic N) is 3. The molecule has 0 saturated carbocycles. The number of aryl methyl sites for hydroxylation is 1. The molecule has 2 heterocycles. The van der Waals surface area contributed by atoms with Crippen LogP contribution in [0.4, 0.5) is 4.79 Å². The summed E-state index contributed by atoms with van der Waals surface area (Å²) in [6.45, 7) is 0.358. The molecule has 0 radical (unpaired) electrons. The van der Waals surface area contributed by atoms with Crippen LogP contribution >= 0.6 is 0 Å². The molecule has 1 aromatic heterocycles. The lowest BCUT2D eigenvalue weighted by Crippen LogP contribution is -2.47. The van der Waals surface area contributed by atoms with Gasteiger partial charge in [-0.1, -0.05) is 29.4 Å². The first-order valence-corrected chi connectivity index (χ1v) is 11.5. The van der Waals surface area contributed by atoms with Gasteiger partial charge in [0.25, 0.3) is 0 Å². The van der Waals surface area contributed by atoms with Crippen molar-refractivity contribution in [2.45, 2.75) is 69.0 Å². The summed E-state index contributed by atoms with van der Waals surface area (Å²) in [5.74, 6) is -1.50. The van der Waals surface area contributed by atoms with E-state index in [0.717, 1.165) is 12.8 Å². The lowest BCUT2D eigenvalue weighted by atomic mass is 9.93. The molecule has 1 aromatic carbocycles. The van der Waals surface area contributed by atoms with E-state index in [4.69, 9.17) is 15.4 Å². The molecule has 0 spiro atoms. The van der Waals surface area contributed by atoms with Crippen molar-refractivity contribution >= 4 is 18.0 Å². The number of carboxylic acids is 2. The van der Waals surface area contributed by atoms with Crippen molar-refractivity contribution < 1.29 is 29.1 Å². The number of carbonyl (C=O) groups excluding carboxylic acids is 1. The Kier molecular flexibility index (Phi) is 7.11. The van der Waals surface area contributed by atoms with Crippen molar-refractivity contribution in [3.63, 3.8) is 0 Å². The Hall–Kier alpha value is -3.47. The fourth-order valence-electron chi connectivity index (χ4n) is 4.84. The molecular formula is C23H29N5O6. The number of aliphatic carboxylic acids is 2. The van der Waals surface area contributed by atoms with E-state index in [1.54, 1.807) is 0 Å². The predicted octanol–water partition coefficient (Wildman–Crippen LogP) is 2.35. The molecule has 1 fully saturated rings. The maximum Gasteiger partial charge on any atom is 0.326 e. The van der Waals surface area contributed by atoms with Crippen LogP contribution in [0.1, 0.15) is 79.4 Å². The zero-order valence-electron chi connectivity index (χ0n) is 18.7. The summed E-state index contributed by atoms with van der Waals surface area (Å²) in [6.07, 6.45) is 3.39. The van der Waals surface area contributed by atoms with Crippen molar-refractivity contribution in [2.75, 3.05) is 6.54 Å². The number of hydrogen-bond donors (Lipinski definition) is 4. The number of benzene rings is 1. The maximum absolute atomic E-state index is 13.1. The maximum atomic E-state index is 13.1. The van der Waals surface area contributed by atoms with Gasteiger partial charge < -0.3 is 30.7 Å². The van der Waals surface area contributed by atoms with Gasteiger partial charge in [-0.25, -0.2) is 9.59 Å². The van der Waals surface area contributed by atoms with Crippen molar-refractivity contribution in [2.24, 2.45) is 5.73 Å². The Morgan fingerprint density at radius 2 is 2.03 bits per heavy atom. The second-order valence-corrected chi connectivity index (χ2v) is 8.89. The summed E-state index contributed by atoms with van der Waals surface area (Å²) in [6, 6.07) is 5.44. The van der Waals surface area contributed by atoms with Crippen LogP contribution in [0.25, 0.3) is 0 Å². The third-order valence-corrected chi connectivity index (χ3v) is 6.63. The summed E-state index contributed by atoms with van der Waals surface area (Å²) >= 11 is 0. The average Bonchev–Trinajstić information content (AvgIpc) is 3.56. The first-order chi connectivity index (χ1) is 16.3. The molecule has 2 aliphatic rings. The lowest BCUT2D eigenvalue weighted by molar-refractivity contribution is -0.141. The van der Waals surface area contributed by atoms with Crippen LogP contribution in [0.3, 0.4) is 0 Å². The first-order valence-electron chi connectivity index (χ1n) is 11.5. The van der Waals surface area contributed by atoms with E-state index in [0.29, 0.717) is 25.8 Å². The number of carboxylic acid groups (broad SMARTS) is 2. The fourth-order valence-corrected chi connectivity index (χ4v) is 4.84. The number of rotatable bonds is 9. The molecule has 4 atom stereocenters. The molecule has 34 heavy (non-hydrogen) atoms. The molecule has 2 aromatic rings. The van der Waals surface area contributed by atoms with Crippen molar-refractivity contribution in [3.05, 3.63) is 47.1 Å². The number of fused-ring (bicyclic) bond motifs is 1. The number of amides is 2. The molecule has 182 valence electrons. The molecule has 11 heteroatoms. The van der Waals surface area contributed by atoms with Gasteiger partial charge in [0.15, 0.2) is 5.82 Å². The van der Waals surface area contributed by atoms with Gasteiger partial charge in [-0.05, 0) is 55.6 Å². The molecule has 1 aliphatic heterocycles. The smallest absolute Gasteiger partial charge is 0.326 e. The molecule has 0 bridgehead atoms. The Morgan fingerprint density at radius 1 is 1.24 bits per heavy atom. The van der Waals surface area contributed by atoms with E-state index >= 15 is 0 Å². The monoisotopic (exact) mass is 471 g/mol. The van der Waals surface area contributed by atoms with Gasteiger partial charge in [0.05, 0.1) is 6.04 Å². The number of nitrogens with two attached hydrogens (primary N) is 1. The van der Waals surface area contributed by atoms with E-state index in [-0.39, 0.29) is 30.5 Å². The summed E-state index contributed by atoms with van der Waals surface area (Å²) in [7, 11) is 0. The third-order valence-electron chi connectivity index (χ3n) is 6.63. The molecule has 1 saturated heterocycles. The normalized spacial score (nSPS) is 21.1. The number of likely N-dealkylation sites (tertiary alicyclic amines) is 1. The number of hydrogen-bond acceptors (Lipinski definition) is 7. The van der Waals surface area contributed by atoms with Gasteiger partial charge in [-0.15, -0.1) is 0 Å². The van der Waals surface area contributed by atoms with Crippen molar-refractivity contribution in [1.29, 1.82) is 0 Å². The van der Waals surface area contributed by atoms with Gasteiger partial charge in [0.2, 0.25) is 5.89 Å². The highest BCUT2D eigenvalue weighted by Gasteiger charge is 2.37. The summed E-state index contributed by atoms with van der Waals surface area (Å²) in [5.41, 5.74) is 8.51. The van der Waals surface area contributed by atoms with E-state index in [2.05, 4.69) is 27.6 Å².